The number of guanidine groups is 1. The van der Waals surface area contributed by atoms with E-state index >= 15 is 0 Å². The van der Waals surface area contributed by atoms with E-state index in [2.05, 4.69) is 32.7 Å². The molecule has 0 bridgehead atoms. The lowest BCUT2D eigenvalue weighted by Gasteiger charge is -2.22. The topological polar surface area (TPSA) is 101 Å². The van der Waals surface area contributed by atoms with Gasteiger partial charge in [-0.2, -0.15) is 0 Å². The maximum Gasteiger partial charge on any atom is 0.191 e. The molecular weight excluding hydrogens is 340 g/mol. The van der Waals surface area contributed by atoms with Crippen LogP contribution in [0.4, 0.5) is 0 Å². The third-order valence-corrected chi connectivity index (χ3v) is 4.76. The molecule has 1 aromatic heterocycles. The number of sulfone groups is 1. The molecule has 0 atom stereocenters. The minimum Gasteiger partial charge on any atom is -0.357 e. The lowest BCUT2D eigenvalue weighted by atomic mass is 9.90. The van der Waals surface area contributed by atoms with Gasteiger partial charge >= 0.3 is 0 Å². The maximum atomic E-state index is 11.4. The van der Waals surface area contributed by atoms with Gasteiger partial charge in [-0.25, -0.2) is 8.42 Å². The molecule has 0 unspecified atom stereocenters. The number of rotatable bonds is 10. The zero-order valence-electron chi connectivity index (χ0n) is 16.0. The lowest BCUT2D eigenvalue weighted by molar-refractivity contribution is 0.365. The summed E-state index contributed by atoms with van der Waals surface area (Å²) in [6.07, 6.45) is 4.45. The summed E-state index contributed by atoms with van der Waals surface area (Å²) >= 11 is 0. The van der Waals surface area contributed by atoms with Crippen molar-refractivity contribution in [3.63, 3.8) is 0 Å². The summed E-state index contributed by atoms with van der Waals surface area (Å²) < 4.78 is 24.7. The van der Waals surface area contributed by atoms with Gasteiger partial charge in [-0.05, 0) is 18.8 Å². The molecule has 8 nitrogen and oxygen atoms in total. The Morgan fingerprint density at radius 3 is 2.64 bits per heavy atom. The molecule has 0 saturated heterocycles. The molecule has 0 fully saturated rings. The van der Waals surface area contributed by atoms with Gasteiger partial charge in [-0.1, -0.05) is 20.8 Å². The standard InChI is InChI=1S/C16H32N6O2S/c1-6-14-21-20-13-22(14)10-9-18-15(17-7-2)19-12-16(3,4)8-11-25(5,23)24/h13H,6-12H2,1-5H3,(H2,17,18,19). The number of hydrogen-bond donors (Lipinski definition) is 2. The van der Waals surface area contributed by atoms with Crippen molar-refractivity contribution in [1.29, 1.82) is 0 Å². The summed E-state index contributed by atoms with van der Waals surface area (Å²) in [5.41, 5.74) is -0.172. The highest BCUT2D eigenvalue weighted by molar-refractivity contribution is 7.90. The molecule has 0 aliphatic carbocycles. The molecule has 144 valence electrons. The number of nitrogens with zero attached hydrogens (tertiary/aromatic N) is 4. The van der Waals surface area contributed by atoms with Gasteiger partial charge in [0.15, 0.2) is 5.96 Å². The van der Waals surface area contributed by atoms with Crippen LogP contribution in [-0.4, -0.2) is 60.8 Å². The Hall–Kier alpha value is -1.64. The van der Waals surface area contributed by atoms with Crippen LogP contribution in [0.15, 0.2) is 11.3 Å². The Kier molecular flexibility index (Phi) is 8.34. The van der Waals surface area contributed by atoms with Crippen molar-refractivity contribution in [2.75, 3.05) is 31.6 Å². The molecule has 0 spiro atoms. The second kappa shape index (κ2) is 9.74. The highest BCUT2D eigenvalue weighted by atomic mass is 32.2. The van der Waals surface area contributed by atoms with Crippen LogP contribution in [0.25, 0.3) is 0 Å². The van der Waals surface area contributed by atoms with E-state index in [4.69, 9.17) is 0 Å². The van der Waals surface area contributed by atoms with Crippen molar-refractivity contribution in [1.82, 2.24) is 25.4 Å². The molecule has 0 saturated carbocycles. The summed E-state index contributed by atoms with van der Waals surface area (Å²) in [6.45, 7) is 10.9. The minimum atomic E-state index is -2.95. The predicted molar refractivity (Wildman–Crippen MR) is 101 cm³/mol. The molecular formula is C16H32N6O2S. The largest absolute Gasteiger partial charge is 0.357 e. The first-order valence-corrected chi connectivity index (χ1v) is 10.8. The van der Waals surface area contributed by atoms with Crippen LogP contribution in [0.2, 0.25) is 0 Å². The molecule has 1 heterocycles. The van der Waals surface area contributed by atoms with Crippen molar-refractivity contribution >= 4 is 15.8 Å². The van der Waals surface area contributed by atoms with Gasteiger partial charge in [0.2, 0.25) is 0 Å². The van der Waals surface area contributed by atoms with Crippen molar-refractivity contribution in [2.45, 2.75) is 47.1 Å². The molecule has 0 aliphatic rings. The zero-order valence-corrected chi connectivity index (χ0v) is 16.9. The third kappa shape index (κ3) is 8.85. The van der Waals surface area contributed by atoms with Crippen molar-refractivity contribution in [3.05, 3.63) is 12.2 Å². The number of aryl methyl sites for hydroxylation is 1. The van der Waals surface area contributed by atoms with E-state index < -0.39 is 9.84 Å². The van der Waals surface area contributed by atoms with Crippen molar-refractivity contribution < 1.29 is 8.42 Å². The van der Waals surface area contributed by atoms with Crippen LogP contribution in [0.5, 0.6) is 0 Å². The fraction of sp³-hybridized carbons (Fsp3) is 0.812. The molecule has 0 amide bonds. The summed E-state index contributed by atoms with van der Waals surface area (Å²) in [7, 11) is -2.95. The highest BCUT2D eigenvalue weighted by Crippen LogP contribution is 2.21. The van der Waals surface area contributed by atoms with E-state index in [0.717, 1.165) is 31.3 Å². The molecule has 1 rings (SSSR count). The Morgan fingerprint density at radius 1 is 1.32 bits per heavy atom. The fourth-order valence-electron chi connectivity index (χ4n) is 2.21. The molecule has 1 aromatic rings. The van der Waals surface area contributed by atoms with E-state index in [1.807, 2.05) is 25.3 Å². The smallest absolute Gasteiger partial charge is 0.191 e. The van der Waals surface area contributed by atoms with Gasteiger partial charge in [0, 0.05) is 38.9 Å². The normalized spacial score (nSPS) is 13.1. The SMILES string of the molecule is CCNC(=NCC(C)(C)CCS(C)(=O)=O)NCCn1cnnc1CC. The van der Waals surface area contributed by atoms with Gasteiger partial charge < -0.3 is 15.2 Å². The van der Waals surface area contributed by atoms with E-state index in [-0.39, 0.29) is 11.2 Å². The summed E-state index contributed by atoms with van der Waals surface area (Å²) in [5.74, 6) is 1.89. The predicted octanol–water partition coefficient (Wildman–Crippen LogP) is 0.857. The third-order valence-electron chi connectivity index (χ3n) is 3.82. The monoisotopic (exact) mass is 372 g/mol. The fourth-order valence-corrected chi connectivity index (χ4v) is 3.13. The first-order chi connectivity index (χ1) is 11.7. The van der Waals surface area contributed by atoms with Gasteiger partial charge in [-0.3, -0.25) is 4.99 Å². The van der Waals surface area contributed by atoms with Crippen LogP contribution in [0, 0.1) is 5.41 Å². The number of aromatic nitrogens is 3. The van der Waals surface area contributed by atoms with Gasteiger partial charge in [0.25, 0.3) is 0 Å². The van der Waals surface area contributed by atoms with Crippen molar-refractivity contribution in [3.8, 4) is 0 Å². The van der Waals surface area contributed by atoms with Crippen LogP contribution >= 0.6 is 0 Å². The Labute approximate surface area is 151 Å². The van der Waals surface area contributed by atoms with E-state index in [0.29, 0.717) is 19.5 Å². The van der Waals surface area contributed by atoms with E-state index in [1.165, 1.54) is 6.26 Å². The number of aliphatic imine (C=N–C) groups is 1. The molecule has 0 aliphatic heterocycles. The quantitative estimate of drug-likeness (QED) is 0.466. The second-order valence-corrected chi connectivity index (χ2v) is 9.22. The summed E-state index contributed by atoms with van der Waals surface area (Å²) in [6, 6.07) is 0. The van der Waals surface area contributed by atoms with E-state index in [1.54, 1.807) is 6.33 Å². The molecule has 0 aromatic carbocycles. The molecule has 25 heavy (non-hydrogen) atoms. The molecule has 2 N–H and O–H groups in total. The van der Waals surface area contributed by atoms with Crippen LogP contribution in [-0.2, 0) is 22.8 Å². The lowest BCUT2D eigenvalue weighted by Crippen LogP contribution is -2.39. The molecule has 9 heteroatoms. The maximum absolute atomic E-state index is 11.4. The first-order valence-electron chi connectivity index (χ1n) is 8.73. The Balaban J connectivity index is 2.55. The molecule has 0 radical (unpaired) electrons. The average molecular weight is 373 g/mol. The Morgan fingerprint density at radius 2 is 2.04 bits per heavy atom. The summed E-state index contributed by atoms with van der Waals surface area (Å²) in [4.78, 5) is 4.61. The van der Waals surface area contributed by atoms with Gasteiger partial charge in [-0.15, -0.1) is 10.2 Å². The van der Waals surface area contributed by atoms with Crippen LogP contribution < -0.4 is 10.6 Å². The van der Waals surface area contributed by atoms with Gasteiger partial charge in [0.1, 0.15) is 22.0 Å². The average Bonchev–Trinajstić information content (AvgIpc) is 2.98. The number of nitrogens with one attached hydrogen (secondary N) is 2. The van der Waals surface area contributed by atoms with Gasteiger partial charge in [0.05, 0.1) is 5.75 Å². The summed E-state index contributed by atoms with van der Waals surface area (Å²) in [5, 5.41) is 14.5. The zero-order chi connectivity index (χ0) is 18.9. The number of hydrogen-bond acceptors (Lipinski definition) is 5. The van der Waals surface area contributed by atoms with Crippen LogP contribution in [0.3, 0.4) is 0 Å². The van der Waals surface area contributed by atoms with E-state index in [9.17, 15) is 8.42 Å². The second-order valence-electron chi connectivity index (χ2n) is 6.96. The Bertz CT molecular complexity index is 651. The van der Waals surface area contributed by atoms with Crippen LogP contribution in [0.1, 0.15) is 39.9 Å². The first kappa shape index (κ1) is 21.4. The van der Waals surface area contributed by atoms with Crippen molar-refractivity contribution in [2.24, 2.45) is 10.4 Å². The highest BCUT2D eigenvalue weighted by Gasteiger charge is 2.20. The minimum absolute atomic E-state index is 0.172.